The summed E-state index contributed by atoms with van der Waals surface area (Å²) in [4.78, 5) is 4.11. The van der Waals surface area contributed by atoms with Crippen LogP contribution in [0.3, 0.4) is 0 Å². The zero-order valence-electron chi connectivity index (χ0n) is 10.2. The van der Waals surface area contributed by atoms with Crippen LogP contribution in [0, 0.1) is 11.3 Å². The van der Waals surface area contributed by atoms with E-state index in [4.69, 9.17) is 14.7 Å². The highest BCUT2D eigenvalue weighted by Gasteiger charge is 2.08. The summed E-state index contributed by atoms with van der Waals surface area (Å²) in [5, 5.41) is 8.90. The summed E-state index contributed by atoms with van der Waals surface area (Å²) in [5.41, 5.74) is 2.22. The second kappa shape index (κ2) is 5.19. The molecule has 0 aliphatic carbocycles. The van der Waals surface area contributed by atoms with Crippen LogP contribution in [-0.4, -0.2) is 19.2 Å². The second-order valence-corrected chi connectivity index (χ2v) is 3.62. The van der Waals surface area contributed by atoms with E-state index in [1.807, 2.05) is 24.3 Å². The minimum absolute atomic E-state index is 0.499. The minimum atomic E-state index is 0.499. The summed E-state index contributed by atoms with van der Waals surface area (Å²) in [6, 6.07) is 11.3. The maximum Gasteiger partial charge on any atom is 0.221 e. The van der Waals surface area contributed by atoms with Gasteiger partial charge in [-0.3, -0.25) is 0 Å². The molecule has 0 aliphatic rings. The lowest BCUT2D eigenvalue weighted by Crippen LogP contribution is -1.93. The van der Waals surface area contributed by atoms with E-state index < -0.39 is 0 Å². The number of ether oxygens (including phenoxy) is 2. The lowest BCUT2D eigenvalue weighted by Gasteiger charge is -2.08. The first kappa shape index (κ1) is 11.9. The van der Waals surface area contributed by atoms with Crippen molar-refractivity contribution in [2.24, 2.45) is 0 Å². The van der Waals surface area contributed by atoms with Crippen molar-refractivity contribution in [2.75, 3.05) is 14.2 Å². The SMILES string of the molecule is COc1ccc(-c2cc(C#N)cnc2OC)cc1. The van der Waals surface area contributed by atoms with Gasteiger partial charge in [0.2, 0.25) is 5.88 Å². The van der Waals surface area contributed by atoms with E-state index in [0.717, 1.165) is 16.9 Å². The maximum atomic E-state index is 8.90. The van der Waals surface area contributed by atoms with Crippen molar-refractivity contribution < 1.29 is 9.47 Å². The molecule has 1 heterocycles. The molecule has 0 unspecified atom stereocenters. The van der Waals surface area contributed by atoms with Gasteiger partial charge in [-0.05, 0) is 23.8 Å². The summed E-state index contributed by atoms with van der Waals surface area (Å²) < 4.78 is 10.3. The van der Waals surface area contributed by atoms with Crippen molar-refractivity contribution in [3.8, 4) is 28.8 Å². The average molecular weight is 240 g/mol. The quantitative estimate of drug-likeness (QED) is 0.827. The highest BCUT2D eigenvalue weighted by Crippen LogP contribution is 2.29. The summed E-state index contributed by atoms with van der Waals surface area (Å²) in [6.07, 6.45) is 1.49. The van der Waals surface area contributed by atoms with Crippen LogP contribution in [0.1, 0.15) is 5.56 Å². The van der Waals surface area contributed by atoms with E-state index in [2.05, 4.69) is 11.1 Å². The van der Waals surface area contributed by atoms with Crippen molar-refractivity contribution in [1.29, 1.82) is 5.26 Å². The molecule has 2 aromatic rings. The molecule has 4 nitrogen and oxygen atoms in total. The van der Waals surface area contributed by atoms with Gasteiger partial charge in [-0.25, -0.2) is 4.98 Å². The lowest BCUT2D eigenvalue weighted by molar-refractivity contribution is 0.399. The molecular weight excluding hydrogens is 228 g/mol. The van der Waals surface area contributed by atoms with Crippen LogP contribution >= 0.6 is 0 Å². The molecule has 0 aliphatic heterocycles. The molecular formula is C14H12N2O2. The lowest BCUT2D eigenvalue weighted by atomic mass is 10.1. The smallest absolute Gasteiger partial charge is 0.221 e. The van der Waals surface area contributed by atoms with Crippen molar-refractivity contribution >= 4 is 0 Å². The van der Waals surface area contributed by atoms with Crippen LogP contribution in [0.5, 0.6) is 11.6 Å². The number of hydrogen-bond donors (Lipinski definition) is 0. The molecule has 0 atom stereocenters. The van der Waals surface area contributed by atoms with E-state index in [1.165, 1.54) is 6.20 Å². The molecule has 0 saturated heterocycles. The fraction of sp³-hybridized carbons (Fsp3) is 0.143. The number of nitriles is 1. The number of aromatic nitrogens is 1. The summed E-state index contributed by atoms with van der Waals surface area (Å²) in [7, 11) is 3.18. The Labute approximate surface area is 105 Å². The molecule has 1 aromatic carbocycles. The van der Waals surface area contributed by atoms with Crippen LogP contribution < -0.4 is 9.47 Å². The highest BCUT2D eigenvalue weighted by atomic mass is 16.5. The molecule has 90 valence electrons. The van der Waals surface area contributed by atoms with Gasteiger partial charge in [0.25, 0.3) is 0 Å². The molecule has 1 aromatic heterocycles. The van der Waals surface area contributed by atoms with Gasteiger partial charge in [0.05, 0.1) is 19.8 Å². The first-order chi connectivity index (χ1) is 8.78. The van der Waals surface area contributed by atoms with Gasteiger partial charge in [-0.15, -0.1) is 0 Å². The Bertz CT molecular complexity index is 586. The molecule has 18 heavy (non-hydrogen) atoms. The van der Waals surface area contributed by atoms with Crippen LogP contribution in [-0.2, 0) is 0 Å². The maximum absolute atomic E-state index is 8.90. The number of benzene rings is 1. The van der Waals surface area contributed by atoms with Crippen LogP contribution in [0.4, 0.5) is 0 Å². The van der Waals surface area contributed by atoms with E-state index >= 15 is 0 Å². The molecule has 0 amide bonds. The van der Waals surface area contributed by atoms with Crippen molar-refractivity contribution in [1.82, 2.24) is 4.98 Å². The third-order valence-corrected chi connectivity index (χ3v) is 2.57. The van der Waals surface area contributed by atoms with Gasteiger partial charge in [0.1, 0.15) is 11.8 Å². The number of rotatable bonds is 3. The zero-order chi connectivity index (χ0) is 13.0. The Kier molecular flexibility index (Phi) is 3.44. The van der Waals surface area contributed by atoms with Crippen molar-refractivity contribution in [3.05, 3.63) is 42.1 Å². The van der Waals surface area contributed by atoms with E-state index in [9.17, 15) is 0 Å². The summed E-state index contributed by atoms with van der Waals surface area (Å²) in [5.74, 6) is 1.28. The third-order valence-electron chi connectivity index (χ3n) is 2.57. The summed E-state index contributed by atoms with van der Waals surface area (Å²) >= 11 is 0. The molecule has 0 spiro atoms. The average Bonchev–Trinajstić information content (AvgIpc) is 2.46. The number of methoxy groups -OCH3 is 2. The predicted molar refractivity (Wildman–Crippen MR) is 67.5 cm³/mol. The van der Waals surface area contributed by atoms with Gasteiger partial charge < -0.3 is 9.47 Å². The monoisotopic (exact) mass is 240 g/mol. The van der Waals surface area contributed by atoms with Crippen LogP contribution in [0.25, 0.3) is 11.1 Å². The number of nitrogens with zero attached hydrogens (tertiary/aromatic N) is 2. The fourth-order valence-electron chi connectivity index (χ4n) is 1.65. The largest absolute Gasteiger partial charge is 0.497 e. The molecule has 0 N–H and O–H groups in total. The zero-order valence-corrected chi connectivity index (χ0v) is 10.2. The van der Waals surface area contributed by atoms with Gasteiger partial charge in [-0.2, -0.15) is 5.26 Å². The standard InChI is InChI=1S/C14H12N2O2/c1-17-12-5-3-11(4-6-12)13-7-10(8-15)9-16-14(13)18-2/h3-7,9H,1-2H3. The first-order valence-corrected chi connectivity index (χ1v) is 5.37. The molecule has 0 fully saturated rings. The minimum Gasteiger partial charge on any atom is -0.497 e. The topological polar surface area (TPSA) is 55.1 Å². The molecule has 0 saturated carbocycles. The Hall–Kier alpha value is -2.54. The van der Waals surface area contributed by atoms with Crippen LogP contribution in [0.15, 0.2) is 36.5 Å². The van der Waals surface area contributed by atoms with Gasteiger partial charge in [-0.1, -0.05) is 12.1 Å². The Balaban J connectivity index is 2.50. The molecule has 0 bridgehead atoms. The van der Waals surface area contributed by atoms with E-state index in [-0.39, 0.29) is 0 Å². The van der Waals surface area contributed by atoms with E-state index in [1.54, 1.807) is 20.3 Å². The van der Waals surface area contributed by atoms with Gasteiger partial charge in [0, 0.05) is 11.8 Å². The van der Waals surface area contributed by atoms with Gasteiger partial charge >= 0.3 is 0 Å². The third kappa shape index (κ3) is 2.25. The van der Waals surface area contributed by atoms with Crippen LogP contribution in [0.2, 0.25) is 0 Å². The summed E-state index contributed by atoms with van der Waals surface area (Å²) in [6.45, 7) is 0. The first-order valence-electron chi connectivity index (χ1n) is 5.37. The fourth-order valence-corrected chi connectivity index (χ4v) is 1.65. The predicted octanol–water partition coefficient (Wildman–Crippen LogP) is 2.64. The molecule has 2 rings (SSSR count). The van der Waals surface area contributed by atoms with Gasteiger partial charge in [0.15, 0.2) is 0 Å². The Morgan fingerprint density at radius 1 is 1.11 bits per heavy atom. The second-order valence-electron chi connectivity index (χ2n) is 3.62. The Morgan fingerprint density at radius 3 is 2.39 bits per heavy atom. The highest BCUT2D eigenvalue weighted by molar-refractivity contribution is 5.70. The normalized spacial score (nSPS) is 9.61. The van der Waals surface area contributed by atoms with Crippen molar-refractivity contribution in [3.63, 3.8) is 0 Å². The number of hydrogen-bond acceptors (Lipinski definition) is 4. The number of pyridine rings is 1. The van der Waals surface area contributed by atoms with E-state index in [0.29, 0.717) is 11.4 Å². The Morgan fingerprint density at radius 2 is 1.83 bits per heavy atom. The molecule has 4 heteroatoms. The molecule has 0 radical (unpaired) electrons. The van der Waals surface area contributed by atoms with Crippen molar-refractivity contribution in [2.45, 2.75) is 0 Å².